The average molecular weight is 489 g/mol. The quantitative estimate of drug-likeness (QED) is 0.562. The highest BCUT2D eigenvalue weighted by atomic mass is 16.5. The van der Waals surface area contributed by atoms with E-state index in [1.807, 2.05) is 24.3 Å². The number of hydrogen-bond donors (Lipinski definition) is 3. The molecule has 0 saturated carbocycles. The molecule has 0 aliphatic carbocycles. The van der Waals surface area contributed by atoms with Crippen LogP contribution in [0.15, 0.2) is 42.5 Å². The van der Waals surface area contributed by atoms with Crippen LogP contribution >= 0.6 is 0 Å². The van der Waals surface area contributed by atoms with Gasteiger partial charge in [0.2, 0.25) is 11.8 Å². The lowest BCUT2D eigenvalue weighted by molar-refractivity contribution is -0.136. The van der Waals surface area contributed by atoms with Crippen molar-refractivity contribution in [1.29, 1.82) is 0 Å². The molecule has 2 fully saturated rings. The summed E-state index contributed by atoms with van der Waals surface area (Å²) in [5.41, 5.74) is 2.39. The highest BCUT2D eigenvalue weighted by molar-refractivity contribution is 6.23. The van der Waals surface area contributed by atoms with E-state index in [4.69, 9.17) is 4.74 Å². The van der Waals surface area contributed by atoms with Gasteiger partial charge in [0.05, 0.1) is 11.1 Å². The van der Waals surface area contributed by atoms with Crippen molar-refractivity contribution in [2.24, 2.45) is 0 Å². The summed E-state index contributed by atoms with van der Waals surface area (Å²) in [4.78, 5) is 50.9. The van der Waals surface area contributed by atoms with Crippen LogP contribution in [0.3, 0.4) is 0 Å². The Morgan fingerprint density at radius 2 is 1.78 bits per heavy atom. The molecule has 186 valence electrons. The summed E-state index contributed by atoms with van der Waals surface area (Å²) in [5, 5.41) is 9.30. The Balaban J connectivity index is 1.21. The molecule has 1 spiro atoms. The molecular formula is C27H28N4O5. The van der Waals surface area contributed by atoms with Crippen molar-refractivity contribution in [3.05, 3.63) is 64.7 Å². The predicted octanol–water partition coefficient (Wildman–Crippen LogP) is 1.82. The number of fused-ring (bicyclic) bond motifs is 2. The lowest BCUT2D eigenvalue weighted by atomic mass is 9.81. The van der Waals surface area contributed by atoms with Crippen LogP contribution in [0.1, 0.15) is 70.0 Å². The summed E-state index contributed by atoms with van der Waals surface area (Å²) in [6.07, 6.45) is 3.00. The Hall–Kier alpha value is -3.56. The highest BCUT2D eigenvalue weighted by Crippen LogP contribution is 2.43. The van der Waals surface area contributed by atoms with Crippen molar-refractivity contribution < 1.29 is 23.9 Å². The minimum atomic E-state index is -0.961. The Bertz CT molecular complexity index is 1270. The van der Waals surface area contributed by atoms with Crippen LogP contribution in [0, 0.1) is 0 Å². The second-order valence-corrected chi connectivity index (χ2v) is 10.0. The zero-order valence-corrected chi connectivity index (χ0v) is 19.8. The number of amides is 4. The van der Waals surface area contributed by atoms with Gasteiger partial charge in [-0.1, -0.05) is 24.3 Å². The second-order valence-electron chi connectivity index (χ2n) is 10.0. The van der Waals surface area contributed by atoms with Gasteiger partial charge < -0.3 is 15.4 Å². The van der Waals surface area contributed by atoms with Crippen LogP contribution in [0.25, 0.3) is 0 Å². The van der Waals surface area contributed by atoms with Gasteiger partial charge in [-0.05, 0) is 56.1 Å². The summed E-state index contributed by atoms with van der Waals surface area (Å²) in [5.74, 6) is -1.06. The standard InChI is InChI=1S/C27H28N4O5/c32-23-8-7-21(24(33)30-23)31-25(34)17-6-5-16(13-19(17)26(31)35)15-29-20-14-27(9-11-28-12-10-27)36-22-4-2-1-3-18(20)22/h1-6,13,20-21,28-29H,7-12,14-15H2,(H,30,32,33). The summed E-state index contributed by atoms with van der Waals surface area (Å²) < 4.78 is 6.49. The number of nitrogens with one attached hydrogen (secondary N) is 3. The molecule has 2 aromatic rings. The molecule has 36 heavy (non-hydrogen) atoms. The lowest BCUT2D eigenvalue weighted by Crippen LogP contribution is -2.54. The molecule has 4 aliphatic rings. The minimum Gasteiger partial charge on any atom is -0.487 e. The van der Waals surface area contributed by atoms with Gasteiger partial charge in [0.25, 0.3) is 11.8 Å². The number of hydrogen-bond acceptors (Lipinski definition) is 7. The number of nitrogens with zero attached hydrogens (tertiary/aromatic N) is 1. The molecule has 9 heteroatoms. The van der Waals surface area contributed by atoms with Crippen molar-refractivity contribution in [3.8, 4) is 5.75 Å². The largest absolute Gasteiger partial charge is 0.487 e. The molecule has 4 amide bonds. The Kier molecular flexibility index (Phi) is 5.61. The fourth-order valence-corrected chi connectivity index (χ4v) is 5.86. The van der Waals surface area contributed by atoms with Gasteiger partial charge in [0.15, 0.2) is 0 Å². The van der Waals surface area contributed by atoms with Gasteiger partial charge in [0.1, 0.15) is 17.4 Å². The number of rotatable bonds is 4. The highest BCUT2D eigenvalue weighted by Gasteiger charge is 2.45. The van der Waals surface area contributed by atoms with Crippen LogP contribution in [0.2, 0.25) is 0 Å². The first-order valence-electron chi connectivity index (χ1n) is 12.5. The number of benzene rings is 2. The number of carbonyl (C=O) groups is 4. The van der Waals surface area contributed by atoms with Crippen LogP contribution < -0.4 is 20.7 Å². The third-order valence-corrected chi connectivity index (χ3v) is 7.77. The lowest BCUT2D eigenvalue weighted by Gasteiger charge is -2.45. The predicted molar refractivity (Wildman–Crippen MR) is 129 cm³/mol. The third kappa shape index (κ3) is 3.88. The fourth-order valence-electron chi connectivity index (χ4n) is 5.86. The van der Waals surface area contributed by atoms with E-state index in [0.717, 1.165) is 54.1 Å². The third-order valence-electron chi connectivity index (χ3n) is 7.77. The molecular weight excluding hydrogens is 460 g/mol. The van der Waals surface area contributed by atoms with Gasteiger partial charge >= 0.3 is 0 Å². The monoisotopic (exact) mass is 488 g/mol. The van der Waals surface area contributed by atoms with Crippen LogP contribution in [0.5, 0.6) is 5.75 Å². The number of ether oxygens (including phenoxy) is 1. The number of carbonyl (C=O) groups excluding carboxylic acids is 4. The van der Waals surface area contributed by atoms with Crippen molar-refractivity contribution in [2.45, 2.75) is 56.3 Å². The summed E-state index contributed by atoms with van der Waals surface area (Å²) >= 11 is 0. The summed E-state index contributed by atoms with van der Waals surface area (Å²) in [6, 6.07) is 12.5. The first-order chi connectivity index (χ1) is 17.4. The van der Waals surface area contributed by atoms with Gasteiger partial charge in [-0.2, -0.15) is 0 Å². The molecule has 9 nitrogen and oxygen atoms in total. The number of piperidine rings is 2. The molecule has 2 aromatic carbocycles. The first-order valence-corrected chi connectivity index (χ1v) is 12.5. The van der Waals surface area contributed by atoms with Gasteiger partial charge in [0, 0.05) is 31.0 Å². The van der Waals surface area contributed by atoms with E-state index in [9.17, 15) is 19.2 Å². The molecule has 0 bridgehead atoms. The Morgan fingerprint density at radius 1 is 1.00 bits per heavy atom. The van der Waals surface area contributed by atoms with Crippen LogP contribution in [0.4, 0.5) is 0 Å². The van der Waals surface area contributed by atoms with E-state index in [-0.39, 0.29) is 30.4 Å². The Morgan fingerprint density at radius 3 is 2.58 bits per heavy atom. The Labute approximate surface area is 208 Å². The molecule has 6 rings (SSSR count). The maximum absolute atomic E-state index is 13.2. The van der Waals surface area contributed by atoms with Crippen LogP contribution in [-0.2, 0) is 16.1 Å². The molecule has 4 aliphatic heterocycles. The zero-order valence-electron chi connectivity index (χ0n) is 19.8. The van der Waals surface area contributed by atoms with E-state index in [1.165, 1.54) is 0 Å². The van der Waals surface area contributed by atoms with Crippen molar-refractivity contribution in [2.75, 3.05) is 13.1 Å². The summed E-state index contributed by atoms with van der Waals surface area (Å²) in [7, 11) is 0. The number of para-hydroxylation sites is 1. The molecule has 3 N–H and O–H groups in total. The normalized spacial score (nSPS) is 24.8. The first kappa shape index (κ1) is 22.9. The van der Waals surface area contributed by atoms with Crippen molar-refractivity contribution in [3.63, 3.8) is 0 Å². The summed E-state index contributed by atoms with van der Waals surface area (Å²) in [6.45, 7) is 2.37. The number of imide groups is 2. The molecule has 0 radical (unpaired) electrons. The van der Waals surface area contributed by atoms with E-state index in [1.54, 1.807) is 12.1 Å². The topological polar surface area (TPSA) is 117 Å². The van der Waals surface area contributed by atoms with Crippen LogP contribution in [-0.4, -0.2) is 53.3 Å². The van der Waals surface area contributed by atoms with E-state index in [0.29, 0.717) is 17.7 Å². The van der Waals surface area contributed by atoms with Gasteiger partial charge in [-0.15, -0.1) is 0 Å². The molecule has 0 aromatic heterocycles. The molecule has 4 heterocycles. The van der Waals surface area contributed by atoms with E-state index >= 15 is 0 Å². The average Bonchev–Trinajstić information content (AvgIpc) is 3.12. The molecule has 2 saturated heterocycles. The second kappa shape index (κ2) is 8.83. The smallest absolute Gasteiger partial charge is 0.262 e. The molecule has 2 atom stereocenters. The maximum atomic E-state index is 13.2. The minimum absolute atomic E-state index is 0.0959. The van der Waals surface area contributed by atoms with Gasteiger partial charge in [-0.3, -0.25) is 29.4 Å². The fraction of sp³-hybridized carbons (Fsp3) is 0.407. The maximum Gasteiger partial charge on any atom is 0.262 e. The van der Waals surface area contributed by atoms with Crippen molar-refractivity contribution in [1.82, 2.24) is 20.9 Å². The van der Waals surface area contributed by atoms with E-state index < -0.39 is 23.8 Å². The molecule has 2 unspecified atom stereocenters. The van der Waals surface area contributed by atoms with Gasteiger partial charge in [-0.25, -0.2) is 0 Å². The van der Waals surface area contributed by atoms with E-state index in [2.05, 4.69) is 22.0 Å². The zero-order chi connectivity index (χ0) is 24.9. The SMILES string of the molecule is O=C1CCC(N2C(=O)c3ccc(CNC4CC5(CCNCC5)Oc5ccccc54)cc3C2=O)C(=O)N1. The van der Waals surface area contributed by atoms with Crippen molar-refractivity contribution >= 4 is 23.6 Å².